The Morgan fingerprint density at radius 2 is 2.44 bits per heavy atom. The topological polar surface area (TPSA) is 29.9 Å². The van der Waals surface area contributed by atoms with Gasteiger partial charge >= 0.3 is 0 Å². The lowest BCUT2D eigenvalue weighted by molar-refractivity contribution is 0.650. The summed E-state index contributed by atoms with van der Waals surface area (Å²) < 4.78 is 2.04. The predicted molar refractivity (Wildman–Crippen MR) is 67.2 cm³/mol. The molecule has 1 saturated carbocycles. The predicted octanol–water partition coefficient (Wildman–Crippen LogP) is 2.45. The van der Waals surface area contributed by atoms with E-state index >= 15 is 0 Å². The van der Waals surface area contributed by atoms with Gasteiger partial charge in [0.15, 0.2) is 0 Å². The molecule has 1 aromatic heterocycles. The van der Waals surface area contributed by atoms with Crippen LogP contribution in [0.1, 0.15) is 38.8 Å². The lowest BCUT2D eigenvalue weighted by atomic mass is 10.2. The van der Waals surface area contributed by atoms with Gasteiger partial charge in [-0.15, -0.1) is 0 Å². The summed E-state index contributed by atoms with van der Waals surface area (Å²) in [6.07, 6.45) is 8.02. The van der Waals surface area contributed by atoms with E-state index in [-0.39, 0.29) is 0 Å². The highest BCUT2D eigenvalue weighted by atomic mass is 15.3. The fourth-order valence-electron chi connectivity index (χ4n) is 1.89. The molecule has 3 heteroatoms. The number of hydrogen-bond donors (Lipinski definition) is 1. The molecule has 1 fully saturated rings. The van der Waals surface area contributed by atoms with Crippen molar-refractivity contribution < 1.29 is 0 Å². The van der Waals surface area contributed by atoms with Gasteiger partial charge in [0.25, 0.3) is 0 Å². The van der Waals surface area contributed by atoms with Gasteiger partial charge in [-0.05, 0) is 51.3 Å². The molecule has 0 radical (unpaired) electrons. The number of nitrogens with zero attached hydrogens (tertiary/aromatic N) is 2. The van der Waals surface area contributed by atoms with E-state index in [9.17, 15) is 0 Å². The molecule has 1 N–H and O–H groups in total. The zero-order valence-electron chi connectivity index (χ0n) is 10.2. The second-order valence-corrected chi connectivity index (χ2v) is 4.44. The smallest absolute Gasteiger partial charge is 0.0635 e. The third-order valence-corrected chi connectivity index (χ3v) is 3.03. The van der Waals surface area contributed by atoms with Crippen LogP contribution >= 0.6 is 0 Å². The van der Waals surface area contributed by atoms with Gasteiger partial charge in [0.1, 0.15) is 0 Å². The summed E-state index contributed by atoms with van der Waals surface area (Å²) in [5, 5.41) is 7.80. The van der Waals surface area contributed by atoms with Crippen molar-refractivity contribution in [3.63, 3.8) is 0 Å². The summed E-state index contributed by atoms with van der Waals surface area (Å²) in [7, 11) is 0. The third-order valence-electron chi connectivity index (χ3n) is 3.03. The van der Waals surface area contributed by atoms with Crippen molar-refractivity contribution in [1.82, 2.24) is 15.1 Å². The first-order valence-electron chi connectivity index (χ1n) is 6.23. The number of hydrogen-bond acceptors (Lipinski definition) is 2. The van der Waals surface area contributed by atoms with Crippen LogP contribution in [0, 0.1) is 0 Å². The van der Waals surface area contributed by atoms with Crippen LogP contribution in [0.25, 0.3) is 5.57 Å². The molecule has 1 aliphatic rings. The highest BCUT2D eigenvalue weighted by molar-refractivity contribution is 5.60. The fraction of sp³-hybridized carbons (Fsp3) is 0.615. The monoisotopic (exact) mass is 219 g/mol. The molecule has 88 valence electrons. The lowest BCUT2D eigenvalue weighted by Gasteiger charge is -2.05. The minimum Gasteiger partial charge on any atom is -0.314 e. The first-order chi connectivity index (χ1) is 7.81. The molecule has 3 nitrogen and oxygen atoms in total. The molecule has 0 spiro atoms. The SMILES string of the molecule is CCn1nccc1C(C)=CCCNC1CC1. The van der Waals surface area contributed by atoms with E-state index in [0.717, 1.165) is 25.6 Å². The van der Waals surface area contributed by atoms with E-state index < -0.39 is 0 Å². The highest BCUT2D eigenvalue weighted by Crippen LogP contribution is 2.18. The Kier molecular flexibility index (Phi) is 3.78. The summed E-state index contributed by atoms with van der Waals surface area (Å²) in [6, 6.07) is 2.90. The summed E-state index contributed by atoms with van der Waals surface area (Å²) in [5.74, 6) is 0. The Hall–Kier alpha value is -1.09. The molecule has 0 aromatic carbocycles. The van der Waals surface area contributed by atoms with Crippen LogP contribution in [0.4, 0.5) is 0 Å². The van der Waals surface area contributed by atoms with Crippen LogP contribution in [0.2, 0.25) is 0 Å². The van der Waals surface area contributed by atoms with Gasteiger partial charge in [-0.3, -0.25) is 4.68 Å². The normalized spacial score (nSPS) is 16.8. The second-order valence-electron chi connectivity index (χ2n) is 4.44. The molecule has 0 bridgehead atoms. The van der Waals surface area contributed by atoms with Crippen LogP contribution in [-0.4, -0.2) is 22.4 Å². The Labute approximate surface area is 97.5 Å². The molecule has 2 rings (SSSR count). The van der Waals surface area contributed by atoms with Crippen LogP contribution in [0.15, 0.2) is 18.3 Å². The van der Waals surface area contributed by atoms with Gasteiger partial charge in [-0.25, -0.2) is 0 Å². The average Bonchev–Trinajstić information content (AvgIpc) is 2.99. The van der Waals surface area contributed by atoms with E-state index in [1.165, 1.54) is 24.1 Å². The molecule has 1 aliphatic carbocycles. The Bertz CT molecular complexity index is 361. The Morgan fingerprint density at radius 1 is 1.62 bits per heavy atom. The number of aryl methyl sites for hydroxylation is 1. The Balaban J connectivity index is 1.84. The van der Waals surface area contributed by atoms with Crippen molar-refractivity contribution in [3.8, 4) is 0 Å². The lowest BCUT2D eigenvalue weighted by Crippen LogP contribution is -2.16. The van der Waals surface area contributed by atoms with Crippen LogP contribution in [0.3, 0.4) is 0 Å². The molecule has 0 saturated heterocycles. The zero-order chi connectivity index (χ0) is 11.4. The van der Waals surface area contributed by atoms with Crippen molar-refractivity contribution >= 4 is 5.57 Å². The molecule has 0 unspecified atom stereocenters. The molecular weight excluding hydrogens is 198 g/mol. The van der Waals surface area contributed by atoms with Crippen molar-refractivity contribution in [2.45, 2.75) is 45.7 Å². The van der Waals surface area contributed by atoms with E-state index in [1.807, 2.05) is 10.9 Å². The highest BCUT2D eigenvalue weighted by Gasteiger charge is 2.19. The van der Waals surface area contributed by atoms with Crippen molar-refractivity contribution in [1.29, 1.82) is 0 Å². The molecule has 16 heavy (non-hydrogen) atoms. The van der Waals surface area contributed by atoms with Crippen molar-refractivity contribution in [2.75, 3.05) is 6.54 Å². The molecule has 0 amide bonds. The number of nitrogens with one attached hydrogen (secondary N) is 1. The summed E-state index contributed by atoms with van der Waals surface area (Å²) in [5.41, 5.74) is 2.57. The van der Waals surface area contributed by atoms with E-state index in [2.05, 4.69) is 36.4 Å². The fourth-order valence-corrected chi connectivity index (χ4v) is 1.89. The van der Waals surface area contributed by atoms with Crippen molar-refractivity contribution in [2.24, 2.45) is 0 Å². The molecule has 1 heterocycles. The quantitative estimate of drug-likeness (QED) is 0.745. The zero-order valence-corrected chi connectivity index (χ0v) is 10.2. The van der Waals surface area contributed by atoms with Crippen LogP contribution in [-0.2, 0) is 6.54 Å². The summed E-state index contributed by atoms with van der Waals surface area (Å²) in [4.78, 5) is 0. The van der Waals surface area contributed by atoms with Gasteiger partial charge in [0, 0.05) is 18.8 Å². The van der Waals surface area contributed by atoms with E-state index in [1.54, 1.807) is 0 Å². The first-order valence-corrected chi connectivity index (χ1v) is 6.23. The Morgan fingerprint density at radius 3 is 3.12 bits per heavy atom. The number of allylic oxidation sites excluding steroid dienone is 1. The molecular formula is C13H21N3. The molecule has 0 atom stereocenters. The average molecular weight is 219 g/mol. The van der Waals surface area contributed by atoms with Gasteiger partial charge in [0.05, 0.1) is 5.69 Å². The minimum absolute atomic E-state index is 0.815. The summed E-state index contributed by atoms with van der Waals surface area (Å²) >= 11 is 0. The number of rotatable bonds is 6. The largest absolute Gasteiger partial charge is 0.314 e. The first kappa shape index (κ1) is 11.4. The maximum atomic E-state index is 4.28. The van der Waals surface area contributed by atoms with Crippen LogP contribution < -0.4 is 5.32 Å². The van der Waals surface area contributed by atoms with E-state index in [4.69, 9.17) is 0 Å². The molecule has 0 aliphatic heterocycles. The maximum Gasteiger partial charge on any atom is 0.0635 e. The van der Waals surface area contributed by atoms with E-state index in [0.29, 0.717) is 0 Å². The van der Waals surface area contributed by atoms with Gasteiger partial charge < -0.3 is 5.32 Å². The minimum atomic E-state index is 0.815. The standard InChI is InChI=1S/C13H21N3/c1-3-16-13(8-10-15-16)11(2)5-4-9-14-12-6-7-12/h5,8,10,12,14H,3-4,6-7,9H2,1-2H3. The van der Waals surface area contributed by atoms with Crippen molar-refractivity contribution in [3.05, 3.63) is 24.0 Å². The summed E-state index contributed by atoms with van der Waals surface area (Å²) in [6.45, 7) is 6.33. The molecule has 1 aromatic rings. The van der Waals surface area contributed by atoms with Gasteiger partial charge in [-0.2, -0.15) is 5.10 Å². The van der Waals surface area contributed by atoms with Gasteiger partial charge in [-0.1, -0.05) is 6.08 Å². The maximum absolute atomic E-state index is 4.28. The number of aromatic nitrogens is 2. The second kappa shape index (κ2) is 5.30. The third kappa shape index (κ3) is 2.95. The van der Waals surface area contributed by atoms with Gasteiger partial charge in [0.2, 0.25) is 0 Å². The van der Waals surface area contributed by atoms with Crippen LogP contribution in [0.5, 0.6) is 0 Å².